The molecule has 0 radical (unpaired) electrons. The summed E-state index contributed by atoms with van der Waals surface area (Å²) in [6, 6.07) is 0.339. The number of piperazine rings is 1. The molecular formula is C15H27Cl2N5O2S. The molecule has 3 heterocycles. The van der Waals surface area contributed by atoms with Crippen molar-refractivity contribution in [2.24, 2.45) is 0 Å². The van der Waals surface area contributed by atoms with Crippen LogP contribution in [0.2, 0.25) is 0 Å². The zero-order valence-electron chi connectivity index (χ0n) is 14.5. The molecule has 1 unspecified atom stereocenters. The number of hydrogen-bond donors (Lipinski definition) is 1. The van der Waals surface area contributed by atoms with E-state index in [-0.39, 0.29) is 30.7 Å². The lowest BCUT2D eigenvalue weighted by atomic mass is 10.2. The molecular weight excluding hydrogens is 385 g/mol. The van der Waals surface area contributed by atoms with Crippen LogP contribution in [-0.4, -0.2) is 76.1 Å². The SMILES string of the molecule is CCc1nc(CN2CCN(C(=O)CC3CSCCN3)CC2)no1.Cl.Cl. The molecule has 0 aromatic carbocycles. The molecule has 144 valence electrons. The van der Waals surface area contributed by atoms with E-state index >= 15 is 0 Å². The number of carbonyl (C=O) groups is 1. The molecule has 1 aromatic rings. The summed E-state index contributed by atoms with van der Waals surface area (Å²) in [6.07, 6.45) is 1.39. The van der Waals surface area contributed by atoms with Crippen molar-refractivity contribution < 1.29 is 9.32 Å². The zero-order valence-corrected chi connectivity index (χ0v) is 16.9. The predicted octanol–water partition coefficient (Wildman–Crippen LogP) is 1.21. The van der Waals surface area contributed by atoms with Gasteiger partial charge in [0.1, 0.15) is 0 Å². The average Bonchev–Trinajstić information content (AvgIpc) is 3.04. The molecule has 2 aliphatic rings. The Hall–Kier alpha value is -0.540. The fraction of sp³-hybridized carbons (Fsp3) is 0.800. The summed E-state index contributed by atoms with van der Waals surface area (Å²) in [6.45, 7) is 7.03. The van der Waals surface area contributed by atoms with Crippen LogP contribution in [0.4, 0.5) is 0 Å². The highest BCUT2D eigenvalue weighted by molar-refractivity contribution is 7.99. The van der Waals surface area contributed by atoms with Gasteiger partial charge in [-0.25, -0.2) is 0 Å². The Bertz CT molecular complexity index is 520. The number of amides is 1. The molecule has 25 heavy (non-hydrogen) atoms. The van der Waals surface area contributed by atoms with Crippen molar-refractivity contribution in [3.05, 3.63) is 11.7 Å². The van der Waals surface area contributed by atoms with Crippen LogP contribution in [0.25, 0.3) is 0 Å². The second kappa shape index (κ2) is 11.2. The molecule has 0 saturated carbocycles. The van der Waals surface area contributed by atoms with Crippen LogP contribution in [0, 0.1) is 0 Å². The molecule has 2 saturated heterocycles. The van der Waals surface area contributed by atoms with Crippen LogP contribution >= 0.6 is 36.6 Å². The molecule has 0 spiro atoms. The van der Waals surface area contributed by atoms with Gasteiger partial charge in [0.2, 0.25) is 11.8 Å². The Morgan fingerprint density at radius 2 is 2.08 bits per heavy atom. The number of aryl methyl sites for hydroxylation is 1. The zero-order chi connectivity index (χ0) is 16.1. The van der Waals surface area contributed by atoms with Crippen LogP contribution in [0.5, 0.6) is 0 Å². The van der Waals surface area contributed by atoms with Crippen LogP contribution in [0.1, 0.15) is 25.1 Å². The quantitative estimate of drug-likeness (QED) is 0.780. The largest absolute Gasteiger partial charge is 0.340 e. The number of aromatic nitrogens is 2. The number of rotatable bonds is 5. The molecule has 0 aliphatic carbocycles. The highest BCUT2D eigenvalue weighted by Gasteiger charge is 2.25. The van der Waals surface area contributed by atoms with Crippen molar-refractivity contribution in [1.29, 1.82) is 0 Å². The van der Waals surface area contributed by atoms with Gasteiger partial charge in [0.25, 0.3) is 0 Å². The van der Waals surface area contributed by atoms with E-state index in [4.69, 9.17) is 4.52 Å². The summed E-state index contributed by atoms with van der Waals surface area (Å²) < 4.78 is 5.14. The van der Waals surface area contributed by atoms with Gasteiger partial charge in [-0.3, -0.25) is 9.69 Å². The van der Waals surface area contributed by atoms with Gasteiger partial charge in [0.05, 0.1) is 6.54 Å². The lowest BCUT2D eigenvalue weighted by molar-refractivity contribution is -0.133. The number of nitrogens with one attached hydrogen (secondary N) is 1. The van der Waals surface area contributed by atoms with Crippen molar-refractivity contribution in [3.8, 4) is 0 Å². The minimum absolute atomic E-state index is 0. The van der Waals surface area contributed by atoms with E-state index < -0.39 is 0 Å². The minimum Gasteiger partial charge on any atom is -0.340 e. The number of halogens is 2. The van der Waals surface area contributed by atoms with Crippen molar-refractivity contribution in [3.63, 3.8) is 0 Å². The maximum Gasteiger partial charge on any atom is 0.226 e. The fourth-order valence-electron chi connectivity index (χ4n) is 2.94. The minimum atomic E-state index is 0. The van der Waals surface area contributed by atoms with E-state index in [0.717, 1.165) is 56.5 Å². The molecule has 1 N–H and O–H groups in total. The van der Waals surface area contributed by atoms with E-state index in [2.05, 4.69) is 20.4 Å². The smallest absolute Gasteiger partial charge is 0.226 e. The Morgan fingerprint density at radius 3 is 2.68 bits per heavy atom. The van der Waals surface area contributed by atoms with Gasteiger partial charge in [-0.15, -0.1) is 24.8 Å². The molecule has 10 heteroatoms. The van der Waals surface area contributed by atoms with Gasteiger partial charge >= 0.3 is 0 Å². The molecule has 0 bridgehead atoms. The summed E-state index contributed by atoms with van der Waals surface area (Å²) in [5, 5.41) is 7.43. The molecule has 1 amide bonds. The van der Waals surface area contributed by atoms with Gasteiger partial charge in [-0.2, -0.15) is 16.7 Å². The topological polar surface area (TPSA) is 74.5 Å². The Balaban J connectivity index is 0.00000156. The number of carbonyl (C=O) groups excluding carboxylic acids is 1. The van der Waals surface area contributed by atoms with Crippen LogP contribution in [0.3, 0.4) is 0 Å². The Labute approximate surface area is 165 Å². The summed E-state index contributed by atoms with van der Waals surface area (Å²) in [4.78, 5) is 21.0. The van der Waals surface area contributed by atoms with Gasteiger partial charge in [0.15, 0.2) is 5.82 Å². The molecule has 7 nitrogen and oxygen atoms in total. The monoisotopic (exact) mass is 411 g/mol. The normalized spacial score (nSPS) is 21.3. The van der Waals surface area contributed by atoms with Gasteiger partial charge < -0.3 is 14.7 Å². The highest BCUT2D eigenvalue weighted by Crippen LogP contribution is 2.13. The van der Waals surface area contributed by atoms with Crippen molar-refractivity contribution in [1.82, 2.24) is 25.3 Å². The molecule has 2 aliphatic heterocycles. The van der Waals surface area contributed by atoms with Crippen molar-refractivity contribution >= 4 is 42.5 Å². The van der Waals surface area contributed by atoms with E-state index in [1.165, 1.54) is 0 Å². The molecule has 1 atom stereocenters. The number of nitrogens with zero attached hydrogens (tertiary/aromatic N) is 4. The fourth-order valence-corrected chi connectivity index (χ4v) is 3.89. The maximum atomic E-state index is 12.4. The number of hydrogen-bond acceptors (Lipinski definition) is 7. The third-order valence-electron chi connectivity index (χ3n) is 4.32. The molecule has 2 fully saturated rings. The van der Waals surface area contributed by atoms with Crippen molar-refractivity contribution in [2.75, 3.05) is 44.2 Å². The highest BCUT2D eigenvalue weighted by atomic mass is 35.5. The molecule has 1 aromatic heterocycles. The third-order valence-corrected chi connectivity index (χ3v) is 5.45. The first-order chi connectivity index (χ1) is 11.2. The predicted molar refractivity (Wildman–Crippen MR) is 104 cm³/mol. The van der Waals surface area contributed by atoms with Gasteiger partial charge in [0, 0.05) is 63.1 Å². The van der Waals surface area contributed by atoms with Gasteiger partial charge in [-0.1, -0.05) is 12.1 Å². The lowest BCUT2D eigenvalue weighted by Crippen LogP contribution is -2.50. The van der Waals surface area contributed by atoms with Crippen LogP contribution in [-0.2, 0) is 17.8 Å². The molecule has 3 rings (SSSR count). The van der Waals surface area contributed by atoms with Crippen molar-refractivity contribution in [2.45, 2.75) is 32.4 Å². The summed E-state index contributed by atoms with van der Waals surface area (Å²) in [5.41, 5.74) is 0. The standard InChI is InChI=1S/C15H25N5O2S.2ClH/c1-2-14-17-13(18-22-14)10-19-4-6-20(7-5-19)15(21)9-12-11-23-8-3-16-12;;/h12,16H,2-11H2,1H3;2*1H. The first-order valence-corrected chi connectivity index (χ1v) is 9.52. The Morgan fingerprint density at radius 1 is 1.32 bits per heavy atom. The van der Waals surface area contributed by atoms with E-state index in [9.17, 15) is 4.79 Å². The first-order valence-electron chi connectivity index (χ1n) is 8.37. The number of thioether (sulfide) groups is 1. The van der Waals surface area contributed by atoms with Gasteiger partial charge in [-0.05, 0) is 0 Å². The maximum absolute atomic E-state index is 12.4. The summed E-state index contributed by atoms with van der Waals surface area (Å²) in [7, 11) is 0. The van der Waals surface area contributed by atoms with Crippen LogP contribution < -0.4 is 5.32 Å². The second-order valence-corrected chi connectivity index (χ2v) is 7.19. The third kappa shape index (κ3) is 6.60. The van der Waals surface area contributed by atoms with E-state index in [0.29, 0.717) is 24.9 Å². The van der Waals surface area contributed by atoms with E-state index in [1.807, 2.05) is 23.6 Å². The summed E-state index contributed by atoms with van der Waals surface area (Å²) >= 11 is 1.93. The second-order valence-electron chi connectivity index (χ2n) is 6.04. The average molecular weight is 412 g/mol. The van der Waals surface area contributed by atoms with Crippen LogP contribution in [0.15, 0.2) is 4.52 Å². The Kier molecular flexibility index (Phi) is 10.1. The summed E-state index contributed by atoms with van der Waals surface area (Å²) in [5.74, 6) is 3.90. The first kappa shape index (κ1) is 22.5. The lowest BCUT2D eigenvalue weighted by Gasteiger charge is -2.35. The van der Waals surface area contributed by atoms with E-state index in [1.54, 1.807) is 0 Å².